The molecule has 2 aromatic rings. The quantitative estimate of drug-likeness (QED) is 0.886. The third kappa shape index (κ3) is 3.39. The molecule has 0 heterocycles. The Bertz CT molecular complexity index is 567. The van der Waals surface area contributed by atoms with E-state index in [4.69, 9.17) is 5.11 Å². The zero-order valence-corrected chi connectivity index (χ0v) is 10.3. The van der Waals surface area contributed by atoms with Gasteiger partial charge in [-0.1, -0.05) is 24.3 Å². The van der Waals surface area contributed by atoms with Gasteiger partial charge in [-0.25, -0.2) is 4.39 Å². The zero-order valence-electron chi connectivity index (χ0n) is 10.3. The molecule has 0 unspecified atom stereocenters. The van der Waals surface area contributed by atoms with Crippen molar-refractivity contribution in [2.24, 2.45) is 0 Å². The van der Waals surface area contributed by atoms with E-state index in [1.165, 1.54) is 18.2 Å². The maximum Gasteiger partial charge on any atom is 0.258 e. The number of anilines is 1. The zero-order chi connectivity index (χ0) is 13.7. The number of nitrogens with one attached hydrogen (secondary N) is 1. The lowest BCUT2D eigenvalue weighted by atomic mass is 10.1. The summed E-state index contributed by atoms with van der Waals surface area (Å²) < 4.78 is 13.4. The van der Waals surface area contributed by atoms with E-state index in [1.54, 1.807) is 18.2 Å². The highest BCUT2D eigenvalue weighted by Gasteiger charge is 2.10. The summed E-state index contributed by atoms with van der Waals surface area (Å²) in [6.07, 6.45) is 0.571. The molecule has 0 aromatic heterocycles. The van der Waals surface area contributed by atoms with Crippen LogP contribution in [0.3, 0.4) is 0 Å². The number of carbonyl (C=O) groups is 1. The van der Waals surface area contributed by atoms with Crippen molar-refractivity contribution >= 4 is 11.6 Å². The van der Waals surface area contributed by atoms with Crippen LogP contribution in [-0.4, -0.2) is 17.6 Å². The van der Waals surface area contributed by atoms with E-state index >= 15 is 0 Å². The predicted octanol–water partition coefficient (Wildman–Crippen LogP) is 2.61. The average molecular weight is 259 g/mol. The van der Waals surface area contributed by atoms with Gasteiger partial charge in [0.1, 0.15) is 5.82 Å². The Morgan fingerprint density at radius 3 is 2.42 bits per heavy atom. The molecule has 0 aliphatic rings. The number of rotatable bonds is 4. The molecule has 0 fully saturated rings. The summed E-state index contributed by atoms with van der Waals surface area (Å²) in [5, 5.41) is 11.4. The van der Waals surface area contributed by atoms with Crippen molar-refractivity contribution in [3.63, 3.8) is 0 Å². The molecule has 2 aromatic carbocycles. The minimum absolute atomic E-state index is 0.0157. The molecule has 4 heteroatoms. The normalized spacial score (nSPS) is 10.2. The molecular weight excluding hydrogens is 245 g/mol. The van der Waals surface area contributed by atoms with E-state index in [0.717, 1.165) is 5.56 Å². The fourth-order valence-electron chi connectivity index (χ4n) is 1.73. The van der Waals surface area contributed by atoms with Crippen molar-refractivity contribution in [1.29, 1.82) is 0 Å². The summed E-state index contributed by atoms with van der Waals surface area (Å²) in [4.78, 5) is 11.9. The van der Waals surface area contributed by atoms with Gasteiger partial charge in [0.15, 0.2) is 0 Å². The molecule has 0 aliphatic heterocycles. The number of aliphatic hydroxyl groups excluding tert-OH is 1. The lowest BCUT2D eigenvalue weighted by Crippen LogP contribution is -2.13. The first-order chi connectivity index (χ1) is 9.20. The highest BCUT2D eigenvalue weighted by Crippen LogP contribution is 2.13. The van der Waals surface area contributed by atoms with Gasteiger partial charge < -0.3 is 10.4 Å². The van der Waals surface area contributed by atoms with Crippen LogP contribution in [0.4, 0.5) is 10.1 Å². The standard InChI is InChI=1S/C15H14FNO2/c16-14-4-2-1-3-13(14)15(19)17-12-7-5-11(6-8-12)9-10-18/h1-8,18H,9-10H2,(H,17,19). The van der Waals surface area contributed by atoms with E-state index in [0.29, 0.717) is 12.1 Å². The molecule has 0 spiro atoms. The van der Waals surface area contributed by atoms with E-state index < -0.39 is 11.7 Å². The largest absolute Gasteiger partial charge is 0.396 e. The molecule has 0 radical (unpaired) electrons. The number of halogens is 1. The third-order valence-corrected chi connectivity index (χ3v) is 2.73. The minimum Gasteiger partial charge on any atom is -0.396 e. The second-order valence-electron chi connectivity index (χ2n) is 4.10. The lowest BCUT2D eigenvalue weighted by molar-refractivity contribution is 0.102. The SMILES string of the molecule is O=C(Nc1ccc(CCO)cc1)c1ccccc1F. The van der Waals surface area contributed by atoms with E-state index in [2.05, 4.69) is 5.32 Å². The number of hydrogen-bond donors (Lipinski definition) is 2. The summed E-state index contributed by atoms with van der Waals surface area (Å²) >= 11 is 0. The summed E-state index contributed by atoms with van der Waals surface area (Å²) in [6, 6.07) is 12.9. The number of amides is 1. The molecule has 98 valence electrons. The van der Waals surface area contributed by atoms with Crippen molar-refractivity contribution in [1.82, 2.24) is 0 Å². The van der Waals surface area contributed by atoms with Crippen molar-refractivity contribution < 1.29 is 14.3 Å². The first kappa shape index (κ1) is 13.2. The van der Waals surface area contributed by atoms with Gasteiger partial charge in [-0.2, -0.15) is 0 Å². The van der Waals surface area contributed by atoms with Crippen molar-refractivity contribution in [3.8, 4) is 0 Å². The highest BCUT2D eigenvalue weighted by molar-refractivity contribution is 6.04. The summed E-state index contributed by atoms with van der Waals surface area (Å²) in [7, 11) is 0. The van der Waals surface area contributed by atoms with Crippen LogP contribution in [0.5, 0.6) is 0 Å². The molecule has 19 heavy (non-hydrogen) atoms. The van der Waals surface area contributed by atoms with Gasteiger partial charge in [0, 0.05) is 12.3 Å². The summed E-state index contributed by atoms with van der Waals surface area (Å²) in [5.41, 5.74) is 1.59. The molecule has 3 nitrogen and oxygen atoms in total. The Kier molecular flexibility index (Phi) is 4.26. The molecule has 0 atom stereocenters. The molecule has 0 bridgehead atoms. The topological polar surface area (TPSA) is 49.3 Å². The molecular formula is C15H14FNO2. The monoisotopic (exact) mass is 259 g/mol. The Morgan fingerprint density at radius 1 is 1.11 bits per heavy atom. The van der Waals surface area contributed by atoms with Crippen LogP contribution in [0.25, 0.3) is 0 Å². The number of carbonyl (C=O) groups excluding carboxylic acids is 1. The van der Waals surface area contributed by atoms with Crippen molar-refractivity contribution in [2.75, 3.05) is 11.9 Å². The second-order valence-corrected chi connectivity index (χ2v) is 4.10. The first-order valence-electron chi connectivity index (χ1n) is 5.96. The van der Waals surface area contributed by atoms with E-state index in [-0.39, 0.29) is 12.2 Å². The van der Waals surface area contributed by atoms with Gasteiger partial charge in [-0.15, -0.1) is 0 Å². The van der Waals surface area contributed by atoms with Crippen LogP contribution in [-0.2, 0) is 6.42 Å². The van der Waals surface area contributed by atoms with Crippen molar-refractivity contribution in [2.45, 2.75) is 6.42 Å². The van der Waals surface area contributed by atoms with Crippen molar-refractivity contribution in [3.05, 3.63) is 65.5 Å². The highest BCUT2D eigenvalue weighted by atomic mass is 19.1. The fourth-order valence-corrected chi connectivity index (χ4v) is 1.73. The Labute approximate surface area is 110 Å². The lowest BCUT2D eigenvalue weighted by Gasteiger charge is -2.07. The van der Waals surface area contributed by atoms with Gasteiger partial charge in [0.25, 0.3) is 5.91 Å². The Morgan fingerprint density at radius 2 is 1.79 bits per heavy atom. The molecule has 2 N–H and O–H groups in total. The molecule has 2 rings (SSSR count). The number of aliphatic hydroxyl groups is 1. The maximum atomic E-state index is 13.4. The van der Waals surface area contributed by atoms with Gasteiger partial charge in [0.2, 0.25) is 0 Å². The van der Waals surface area contributed by atoms with Crippen LogP contribution >= 0.6 is 0 Å². The van der Waals surface area contributed by atoms with Gasteiger partial charge >= 0.3 is 0 Å². The molecule has 0 saturated carbocycles. The second kappa shape index (κ2) is 6.11. The molecule has 0 aliphatic carbocycles. The van der Waals surface area contributed by atoms with Gasteiger partial charge in [-0.05, 0) is 36.2 Å². The molecule has 0 saturated heterocycles. The first-order valence-corrected chi connectivity index (χ1v) is 5.96. The summed E-state index contributed by atoms with van der Waals surface area (Å²) in [5.74, 6) is -1.02. The number of hydrogen-bond acceptors (Lipinski definition) is 2. The van der Waals surface area contributed by atoms with Gasteiger partial charge in [0.05, 0.1) is 5.56 Å². The number of benzene rings is 2. The third-order valence-electron chi connectivity index (χ3n) is 2.73. The van der Waals surface area contributed by atoms with Crippen LogP contribution in [0.15, 0.2) is 48.5 Å². The van der Waals surface area contributed by atoms with E-state index in [9.17, 15) is 9.18 Å². The van der Waals surface area contributed by atoms with Crippen LogP contribution < -0.4 is 5.32 Å². The van der Waals surface area contributed by atoms with Crippen LogP contribution in [0.1, 0.15) is 15.9 Å². The smallest absolute Gasteiger partial charge is 0.258 e. The fraction of sp³-hybridized carbons (Fsp3) is 0.133. The summed E-state index contributed by atoms with van der Waals surface area (Å²) in [6.45, 7) is 0.0843. The minimum atomic E-state index is -0.545. The van der Waals surface area contributed by atoms with Crippen LogP contribution in [0.2, 0.25) is 0 Å². The van der Waals surface area contributed by atoms with Crippen LogP contribution in [0, 0.1) is 5.82 Å². The van der Waals surface area contributed by atoms with E-state index in [1.807, 2.05) is 12.1 Å². The Hall–Kier alpha value is -2.20. The Balaban J connectivity index is 2.09. The van der Waals surface area contributed by atoms with Gasteiger partial charge in [-0.3, -0.25) is 4.79 Å². The predicted molar refractivity (Wildman–Crippen MR) is 71.6 cm³/mol. The average Bonchev–Trinajstić information content (AvgIpc) is 2.42. The maximum absolute atomic E-state index is 13.4. The molecule has 1 amide bonds.